The fourth-order valence-electron chi connectivity index (χ4n) is 2.60. The number of nitrogens with one attached hydrogen (secondary N) is 1. The molecule has 0 unspecified atom stereocenters. The van der Waals surface area contributed by atoms with E-state index in [1.807, 2.05) is 13.8 Å². The summed E-state index contributed by atoms with van der Waals surface area (Å²) < 4.78 is 26.8. The molecule has 0 atom stereocenters. The topological polar surface area (TPSA) is 69.6 Å². The van der Waals surface area contributed by atoms with Gasteiger partial charge >= 0.3 is 0 Å². The van der Waals surface area contributed by atoms with Crippen LogP contribution in [-0.4, -0.2) is 55.4 Å². The number of nitrogens with zero attached hydrogens (tertiary/aromatic N) is 1. The van der Waals surface area contributed by atoms with Crippen molar-refractivity contribution in [2.75, 3.05) is 26.2 Å². The maximum absolute atomic E-state index is 12.6. The molecule has 0 aliphatic carbocycles. The van der Waals surface area contributed by atoms with E-state index in [9.17, 15) is 8.42 Å². The van der Waals surface area contributed by atoms with Crippen LogP contribution in [0.5, 0.6) is 0 Å². The Morgan fingerprint density at radius 3 is 2.28 bits per heavy atom. The van der Waals surface area contributed by atoms with E-state index >= 15 is 0 Å². The van der Waals surface area contributed by atoms with Gasteiger partial charge in [0.05, 0.1) is 11.9 Å². The number of hydrogen-bond acceptors (Lipinski definition) is 4. The molecule has 0 aromatic heterocycles. The highest BCUT2D eigenvalue weighted by molar-refractivity contribution is 7.89. The molecule has 0 spiro atoms. The molecule has 0 aromatic rings. The van der Waals surface area contributed by atoms with Crippen molar-refractivity contribution in [3.8, 4) is 0 Å². The zero-order chi connectivity index (χ0) is 13.6. The molecular formula is C12H26N2O3S. The Bertz CT molecular complexity index is 322. The first-order chi connectivity index (χ1) is 8.57. The van der Waals surface area contributed by atoms with E-state index in [4.69, 9.17) is 5.11 Å². The van der Waals surface area contributed by atoms with E-state index in [-0.39, 0.29) is 24.4 Å². The smallest absolute Gasteiger partial charge is 0.217 e. The van der Waals surface area contributed by atoms with Gasteiger partial charge in [0, 0.05) is 12.6 Å². The average Bonchev–Trinajstić information content (AvgIpc) is 2.40. The molecule has 6 heteroatoms. The zero-order valence-electron chi connectivity index (χ0n) is 11.4. The minimum absolute atomic E-state index is 0.0111. The molecule has 1 rings (SSSR count). The average molecular weight is 278 g/mol. The Morgan fingerprint density at radius 2 is 1.83 bits per heavy atom. The van der Waals surface area contributed by atoms with E-state index < -0.39 is 10.0 Å². The SMILES string of the molecule is CCC(CC)N(CCO)S(=O)(=O)C1CCNCC1. The third kappa shape index (κ3) is 3.66. The van der Waals surface area contributed by atoms with Gasteiger partial charge < -0.3 is 10.4 Å². The summed E-state index contributed by atoms with van der Waals surface area (Å²) in [6, 6.07) is 0.0111. The lowest BCUT2D eigenvalue weighted by atomic mass is 10.2. The highest BCUT2D eigenvalue weighted by Crippen LogP contribution is 2.22. The lowest BCUT2D eigenvalue weighted by Crippen LogP contribution is -2.48. The van der Waals surface area contributed by atoms with Crippen LogP contribution in [0.25, 0.3) is 0 Å². The summed E-state index contributed by atoms with van der Waals surface area (Å²) in [6.07, 6.45) is 2.93. The highest BCUT2D eigenvalue weighted by Gasteiger charge is 2.35. The van der Waals surface area contributed by atoms with Gasteiger partial charge in [0.1, 0.15) is 0 Å². The number of rotatable bonds is 7. The second kappa shape index (κ2) is 7.43. The maximum Gasteiger partial charge on any atom is 0.217 e. The molecule has 108 valence electrons. The normalized spacial score (nSPS) is 18.7. The zero-order valence-corrected chi connectivity index (χ0v) is 12.2. The van der Waals surface area contributed by atoms with E-state index in [0.29, 0.717) is 12.8 Å². The van der Waals surface area contributed by atoms with Gasteiger partial charge in [-0.3, -0.25) is 0 Å². The van der Waals surface area contributed by atoms with Crippen LogP contribution >= 0.6 is 0 Å². The van der Waals surface area contributed by atoms with Crippen molar-refractivity contribution >= 4 is 10.0 Å². The molecular weight excluding hydrogens is 252 g/mol. The number of aliphatic hydroxyl groups is 1. The summed E-state index contributed by atoms with van der Waals surface area (Å²) >= 11 is 0. The van der Waals surface area contributed by atoms with Crippen molar-refractivity contribution in [2.24, 2.45) is 0 Å². The summed E-state index contributed by atoms with van der Waals surface area (Å²) in [5, 5.41) is 12.0. The molecule has 2 N–H and O–H groups in total. The fraction of sp³-hybridized carbons (Fsp3) is 1.00. The van der Waals surface area contributed by atoms with E-state index in [1.165, 1.54) is 4.31 Å². The third-order valence-corrected chi connectivity index (χ3v) is 6.15. The first kappa shape index (κ1) is 15.9. The van der Waals surface area contributed by atoms with Crippen molar-refractivity contribution in [1.29, 1.82) is 0 Å². The van der Waals surface area contributed by atoms with Gasteiger partial charge in [-0.05, 0) is 38.8 Å². The Labute approximate surface area is 111 Å². The first-order valence-corrected chi connectivity index (χ1v) is 8.40. The lowest BCUT2D eigenvalue weighted by Gasteiger charge is -2.34. The van der Waals surface area contributed by atoms with E-state index in [0.717, 1.165) is 25.9 Å². The summed E-state index contributed by atoms with van der Waals surface area (Å²) in [5.41, 5.74) is 0. The lowest BCUT2D eigenvalue weighted by molar-refractivity contribution is 0.217. The molecule has 18 heavy (non-hydrogen) atoms. The van der Waals surface area contributed by atoms with E-state index in [2.05, 4.69) is 5.32 Å². The summed E-state index contributed by atoms with van der Waals surface area (Å²) in [5.74, 6) is 0. The monoisotopic (exact) mass is 278 g/mol. The molecule has 0 radical (unpaired) electrons. The minimum Gasteiger partial charge on any atom is -0.395 e. The predicted molar refractivity (Wildman–Crippen MR) is 73.0 cm³/mol. The van der Waals surface area contributed by atoms with Gasteiger partial charge in [-0.1, -0.05) is 13.8 Å². The van der Waals surface area contributed by atoms with Crippen LogP contribution in [0, 0.1) is 0 Å². The minimum atomic E-state index is -3.28. The number of piperidine rings is 1. The first-order valence-electron chi connectivity index (χ1n) is 6.90. The molecule has 0 amide bonds. The van der Waals surface area contributed by atoms with Crippen molar-refractivity contribution in [2.45, 2.75) is 50.8 Å². The van der Waals surface area contributed by atoms with Crippen molar-refractivity contribution in [3.05, 3.63) is 0 Å². The number of sulfonamides is 1. The summed E-state index contributed by atoms with van der Waals surface area (Å²) in [7, 11) is -3.28. The van der Waals surface area contributed by atoms with Crippen LogP contribution in [0.1, 0.15) is 39.5 Å². The molecule has 1 aliphatic rings. The van der Waals surface area contributed by atoms with Gasteiger partial charge in [0.25, 0.3) is 0 Å². The molecule has 5 nitrogen and oxygen atoms in total. The van der Waals surface area contributed by atoms with Crippen LogP contribution < -0.4 is 5.32 Å². The Balaban J connectivity index is 2.87. The predicted octanol–water partition coefficient (Wildman–Crippen LogP) is 0.551. The quantitative estimate of drug-likeness (QED) is 0.713. The van der Waals surface area contributed by atoms with Gasteiger partial charge in [0.2, 0.25) is 10.0 Å². The van der Waals surface area contributed by atoms with Crippen LogP contribution in [-0.2, 0) is 10.0 Å². The molecule has 1 fully saturated rings. The van der Waals surface area contributed by atoms with Crippen molar-refractivity contribution < 1.29 is 13.5 Å². The van der Waals surface area contributed by atoms with Gasteiger partial charge in [0.15, 0.2) is 0 Å². The second-order valence-corrected chi connectivity index (χ2v) is 6.96. The highest BCUT2D eigenvalue weighted by atomic mass is 32.2. The van der Waals surface area contributed by atoms with Crippen LogP contribution in [0.4, 0.5) is 0 Å². The molecule has 0 saturated carbocycles. The van der Waals surface area contributed by atoms with Crippen LogP contribution in [0.15, 0.2) is 0 Å². The summed E-state index contributed by atoms with van der Waals surface area (Å²) in [4.78, 5) is 0. The Hall–Kier alpha value is -0.170. The molecule has 1 heterocycles. The maximum atomic E-state index is 12.6. The van der Waals surface area contributed by atoms with Gasteiger partial charge in [-0.15, -0.1) is 0 Å². The molecule has 1 aliphatic heterocycles. The largest absolute Gasteiger partial charge is 0.395 e. The number of hydrogen-bond donors (Lipinski definition) is 2. The molecule has 1 saturated heterocycles. The Morgan fingerprint density at radius 1 is 1.28 bits per heavy atom. The van der Waals surface area contributed by atoms with Gasteiger partial charge in [-0.2, -0.15) is 4.31 Å². The second-order valence-electron chi connectivity index (χ2n) is 4.80. The standard InChI is InChI=1S/C12H26N2O3S/c1-3-11(4-2)14(9-10-15)18(16,17)12-5-7-13-8-6-12/h11-13,15H,3-10H2,1-2H3. The third-order valence-electron chi connectivity index (χ3n) is 3.70. The molecule has 0 aromatic carbocycles. The van der Waals surface area contributed by atoms with Gasteiger partial charge in [-0.25, -0.2) is 8.42 Å². The van der Waals surface area contributed by atoms with Crippen LogP contribution in [0.3, 0.4) is 0 Å². The number of aliphatic hydroxyl groups excluding tert-OH is 1. The Kier molecular flexibility index (Phi) is 6.55. The van der Waals surface area contributed by atoms with E-state index in [1.54, 1.807) is 0 Å². The summed E-state index contributed by atoms with van der Waals surface area (Å²) in [6.45, 7) is 5.63. The fourth-order valence-corrected chi connectivity index (χ4v) is 4.86. The van der Waals surface area contributed by atoms with Crippen molar-refractivity contribution in [3.63, 3.8) is 0 Å². The van der Waals surface area contributed by atoms with Crippen molar-refractivity contribution in [1.82, 2.24) is 9.62 Å². The molecule has 0 bridgehead atoms. The van der Waals surface area contributed by atoms with Crippen LogP contribution in [0.2, 0.25) is 0 Å².